The summed E-state index contributed by atoms with van der Waals surface area (Å²) in [5.41, 5.74) is 0. The second-order valence-corrected chi connectivity index (χ2v) is 4.69. The van der Waals surface area contributed by atoms with Crippen molar-refractivity contribution in [1.29, 1.82) is 0 Å². The van der Waals surface area contributed by atoms with Crippen LogP contribution in [-0.2, 0) is 0 Å². The molecule has 0 saturated carbocycles. The summed E-state index contributed by atoms with van der Waals surface area (Å²) in [6, 6.07) is 6.77. The fourth-order valence-electron chi connectivity index (χ4n) is 1.71. The molecule has 1 unspecified atom stereocenters. The largest absolute Gasteiger partial charge is 0.488 e. The van der Waals surface area contributed by atoms with Gasteiger partial charge >= 0.3 is 6.03 Å². The number of rotatable bonds is 6. The van der Waals surface area contributed by atoms with E-state index in [1.165, 1.54) is 31.6 Å². The highest BCUT2D eigenvalue weighted by atomic mass is 19.1. The van der Waals surface area contributed by atoms with Gasteiger partial charge in [0.05, 0.1) is 13.2 Å². The molecule has 23 heavy (non-hydrogen) atoms. The highest BCUT2D eigenvalue weighted by Crippen LogP contribution is 2.15. The minimum absolute atomic E-state index is 0.126. The fourth-order valence-corrected chi connectivity index (χ4v) is 1.71. The number of carbonyl (C=O) groups is 1. The summed E-state index contributed by atoms with van der Waals surface area (Å²) in [7, 11) is 1.47. The lowest BCUT2D eigenvalue weighted by molar-refractivity contribution is 0.234. The molecule has 1 atom stereocenters. The van der Waals surface area contributed by atoms with E-state index in [-0.39, 0.29) is 18.4 Å². The molecule has 2 amide bonds. The van der Waals surface area contributed by atoms with Gasteiger partial charge in [0.25, 0.3) is 0 Å². The minimum Gasteiger partial charge on any atom is -0.488 e. The maximum absolute atomic E-state index is 13.4. The van der Waals surface area contributed by atoms with Gasteiger partial charge in [0.15, 0.2) is 11.6 Å². The molecule has 0 spiro atoms. The van der Waals surface area contributed by atoms with Gasteiger partial charge in [-0.2, -0.15) is 0 Å². The van der Waals surface area contributed by atoms with Gasteiger partial charge in [-0.05, 0) is 19.1 Å². The molecule has 7 nitrogen and oxygen atoms in total. The molecular formula is C15H17FN4O3. The van der Waals surface area contributed by atoms with Gasteiger partial charge in [-0.25, -0.2) is 19.2 Å². The van der Waals surface area contributed by atoms with Crippen molar-refractivity contribution >= 4 is 11.8 Å². The highest BCUT2D eigenvalue weighted by molar-refractivity contribution is 5.88. The van der Waals surface area contributed by atoms with Crippen molar-refractivity contribution in [3.8, 4) is 11.6 Å². The van der Waals surface area contributed by atoms with Crippen molar-refractivity contribution in [2.24, 2.45) is 0 Å². The Hall–Kier alpha value is -2.90. The molecule has 0 radical (unpaired) electrons. The lowest BCUT2D eigenvalue weighted by Gasteiger charge is -2.15. The van der Waals surface area contributed by atoms with Crippen LogP contribution in [0.3, 0.4) is 0 Å². The lowest BCUT2D eigenvalue weighted by atomic mass is 10.3. The molecule has 2 N–H and O–H groups in total. The van der Waals surface area contributed by atoms with E-state index < -0.39 is 11.8 Å². The number of amides is 2. The molecule has 1 aromatic carbocycles. The van der Waals surface area contributed by atoms with Gasteiger partial charge in [-0.3, -0.25) is 5.32 Å². The number of hydrogen-bond acceptors (Lipinski definition) is 5. The Balaban J connectivity index is 1.81. The maximum atomic E-state index is 13.4. The number of para-hydroxylation sites is 1. The Morgan fingerprint density at radius 3 is 2.87 bits per heavy atom. The molecule has 0 aliphatic heterocycles. The number of urea groups is 1. The van der Waals surface area contributed by atoms with Crippen LogP contribution in [0, 0.1) is 5.82 Å². The van der Waals surface area contributed by atoms with Crippen LogP contribution in [0.2, 0.25) is 0 Å². The monoisotopic (exact) mass is 320 g/mol. The van der Waals surface area contributed by atoms with Crippen molar-refractivity contribution in [3.05, 3.63) is 42.5 Å². The van der Waals surface area contributed by atoms with Crippen molar-refractivity contribution in [3.63, 3.8) is 0 Å². The average Bonchev–Trinajstić information content (AvgIpc) is 2.54. The van der Waals surface area contributed by atoms with Crippen LogP contribution < -0.4 is 20.1 Å². The Morgan fingerprint density at radius 1 is 1.35 bits per heavy atom. The van der Waals surface area contributed by atoms with Crippen LogP contribution in [0.4, 0.5) is 15.0 Å². The molecule has 0 bridgehead atoms. The van der Waals surface area contributed by atoms with Crippen LogP contribution in [0.25, 0.3) is 0 Å². The van der Waals surface area contributed by atoms with E-state index in [2.05, 4.69) is 20.6 Å². The number of methoxy groups -OCH3 is 1. The van der Waals surface area contributed by atoms with Crippen molar-refractivity contribution < 1.29 is 18.7 Å². The van der Waals surface area contributed by atoms with Gasteiger partial charge in [-0.15, -0.1) is 0 Å². The van der Waals surface area contributed by atoms with Gasteiger partial charge in [-0.1, -0.05) is 12.1 Å². The number of nitrogens with zero attached hydrogens (tertiary/aromatic N) is 2. The van der Waals surface area contributed by atoms with Crippen LogP contribution >= 0.6 is 0 Å². The number of ether oxygens (including phenoxy) is 2. The van der Waals surface area contributed by atoms with E-state index in [1.54, 1.807) is 19.1 Å². The van der Waals surface area contributed by atoms with Crippen LogP contribution in [0.15, 0.2) is 36.7 Å². The highest BCUT2D eigenvalue weighted by Gasteiger charge is 2.10. The first kappa shape index (κ1) is 16.5. The Labute approximate surface area is 132 Å². The molecule has 0 aliphatic carbocycles. The summed E-state index contributed by atoms with van der Waals surface area (Å²) in [4.78, 5) is 19.6. The predicted octanol–water partition coefficient (Wildman–Crippen LogP) is 2.21. The van der Waals surface area contributed by atoms with Crippen LogP contribution in [0.5, 0.6) is 11.6 Å². The summed E-state index contributed by atoms with van der Waals surface area (Å²) < 4.78 is 23.7. The molecule has 2 rings (SSSR count). The standard InChI is InChI=1S/C15H17FN4O3/c1-10(8-23-12-6-4-3-5-11(12)16)19-15(21)20-13-7-14(22-2)18-9-17-13/h3-7,9-10H,8H2,1-2H3,(H2,17,18,19,20,21). The smallest absolute Gasteiger partial charge is 0.320 e. The molecule has 2 aromatic rings. The normalized spacial score (nSPS) is 11.4. The number of nitrogens with one attached hydrogen (secondary N) is 2. The second-order valence-electron chi connectivity index (χ2n) is 4.69. The molecule has 0 aliphatic rings. The topological polar surface area (TPSA) is 85.4 Å². The molecule has 0 fully saturated rings. The third kappa shape index (κ3) is 5.10. The van der Waals surface area contributed by atoms with Gasteiger partial charge < -0.3 is 14.8 Å². The van der Waals surface area contributed by atoms with E-state index in [0.29, 0.717) is 11.7 Å². The Kier molecular flexibility index (Phi) is 5.67. The second kappa shape index (κ2) is 7.92. The molecule has 0 saturated heterocycles. The first-order valence-corrected chi connectivity index (χ1v) is 6.89. The number of halogens is 1. The van der Waals surface area contributed by atoms with Gasteiger partial charge in [0.2, 0.25) is 5.88 Å². The number of benzene rings is 1. The van der Waals surface area contributed by atoms with Gasteiger partial charge in [0, 0.05) is 6.07 Å². The quantitative estimate of drug-likeness (QED) is 0.852. The zero-order valence-electron chi connectivity index (χ0n) is 12.7. The minimum atomic E-state index is -0.463. The van der Waals surface area contributed by atoms with Crippen LogP contribution in [-0.4, -0.2) is 35.8 Å². The molecule has 1 heterocycles. The third-order valence-corrected chi connectivity index (χ3v) is 2.80. The van der Waals surface area contributed by atoms with E-state index in [0.717, 1.165) is 0 Å². The van der Waals surface area contributed by atoms with E-state index >= 15 is 0 Å². The molecule has 8 heteroatoms. The van der Waals surface area contributed by atoms with E-state index in [4.69, 9.17) is 9.47 Å². The summed E-state index contributed by atoms with van der Waals surface area (Å²) in [6.07, 6.45) is 1.28. The zero-order valence-corrected chi connectivity index (χ0v) is 12.7. The first-order chi connectivity index (χ1) is 11.1. The Morgan fingerprint density at radius 2 is 2.13 bits per heavy atom. The number of aromatic nitrogens is 2. The van der Waals surface area contributed by atoms with Crippen LogP contribution in [0.1, 0.15) is 6.92 Å². The number of hydrogen-bond donors (Lipinski definition) is 2. The van der Waals surface area contributed by atoms with E-state index in [9.17, 15) is 9.18 Å². The predicted molar refractivity (Wildman–Crippen MR) is 82.1 cm³/mol. The molecular weight excluding hydrogens is 303 g/mol. The first-order valence-electron chi connectivity index (χ1n) is 6.89. The zero-order chi connectivity index (χ0) is 16.7. The summed E-state index contributed by atoms with van der Waals surface area (Å²) in [5, 5.41) is 5.20. The summed E-state index contributed by atoms with van der Waals surface area (Å²) in [5.74, 6) is 0.335. The third-order valence-electron chi connectivity index (χ3n) is 2.80. The summed E-state index contributed by atoms with van der Waals surface area (Å²) >= 11 is 0. The van der Waals surface area contributed by atoms with Crippen molar-refractivity contribution in [1.82, 2.24) is 15.3 Å². The van der Waals surface area contributed by atoms with Gasteiger partial charge in [0.1, 0.15) is 18.8 Å². The van der Waals surface area contributed by atoms with Crippen molar-refractivity contribution in [2.75, 3.05) is 19.0 Å². The number of anilines is 1. The summed E-state index contributed by atoms with van der Waals surface area (Å²) in [6.45, 7) is 1.86. The molecule has 122 valence electrons. The van der Waals surface area contributed by atoms with E-state index in [1.807, 2.05) is 0 Å². The maximum Gasteiger partial charge on any atom is 0.320 e. The lowest BCUT2D eigenvalue weighted by Crippen LogP contribution is -2.39. The Bertz CT molecular complexity index is 669. The SMILES string of the molecule is COc1cc(NC(=O)NC(C)COc2ccccc2F)ncn1. The fraction of sp³-hybridized carbons (Fsp3) is 0.267. The number of carbonyl (C=O) groups excluding carboxylic acids is 1. The average molecular weight is 320 g/mol. The molecule has 1 aromatic heterocycles. The van der Waals surface area contributed by atoms with Crippen molar-refractivity contribution in [2.45, 2.75) is 13.0 Å².